The maximum atomic E-state index is 12.8. The minimum atomic E-state index is -0.124. The molecule has 0 unspecified atom stereocenters. The Labute approximate surface area is 165 Å². The molecule has 0 aliphatic carbocycles. The lowest BCUT2D eigenvalue weighted by atomic mass is 9.89. The van der Waals surface area contributed by atoms with Gasteiger partial charge in [-0.15, -0.1) is 0 Å². The topological polar surface area (TPSA) is 54.5 Å². The predicted molar refractivity (Wildman–Crippen MR) is 112 cm³/mol. The van der Waals surface area contributed by atoms with E-state index in [1.54, 1.807) is 19.5 Å². The molecule has 2 aromatic carbocycles. The first-order chi connectivity index (χ1) is 13.6. The van der Waals surface area contributed by atoms with Crippen LogP contribution < -0.4 is 10.1 Å². The van der Waals surface area contributed by atoms with Gasteiger partial charge in [0.05, 0.1) is 12.8 Å². The van der Waals surface area contributed by atoms with E-state index in [2.05, 4.69) is 34.4 Å². The predicted octanol–water partition coefficient (Wildman–Crippen LogP) is 4.30. The van der Waals surface area contributed by atoms with Crippen molar-refractivity contribution in [3.63, 3.8) is 0 Å². The molecule has 1 fully saturated rings. The van der Waals surface area contributed by atoms with Gasteiger partial charge in [0.25, 0.3) is 5.91 Å². The number of ether oxygens (including phenoxy) is 1. The smallest absolute Gasteiger partial charge is 0.255 e. The van der Waals surface area contributed by atoms with Crippen molar-refractivity contribution in [2.45, 2.75) is 18.8 Å². The lowest BCUT2D eigenvalue weighted by Crippen LogP contribution is -2.29. The van der Waals surface area contributed by atoms with Gasteiger partial charge in [-0.2, -0.15) is 0 Å². The van der Waals surface area contributed by atoms with Crippen LogP contribution in [0.25, 0.3) is 10.8 Å². The Hall–Kier alpha value is -2.92. The van der Waals surface area contributed by atoms with Crippen molar-refractivity contribution >= 4 is 22.4 Å². The van der Waals surface area contributed by atoms with Gasteiger partial charge in [-0.3, -0.25) is 9.78 Å². The number of fused-ring (bicyclic) bond motifs is 1. The van der Waals surface area contributed by atoms with Crippen molar-refractivity contribution in [2.24, 2.45) is 0 Å². The molecule has 5 nitrogen and oxygen atoms in total. The number of piperidine rings is 1. The van der Waals surface area contributed by atoms with Crippen molar-refractivity contribution < 1.29 is 9.53 Å². The fraction of sp³-hybridized carbons (Fsp3) is 0.304. The number of rotatable bonds is 4. The van der Waals surface area contributed by atoms with Gasteiger partial charge in [-0.1, -0.05) is 12.1 Å². The number of pyridine rings is 1. The van der Waals surface area contributed by atoms with Crippen LogP contribution >= 0.6 is 0 Å². The van der Waals surface area contributed by atoms with Crippen LogP contribution in [0.5, 0.6) is 5.75 Å². The molecular formula is C23H25N3O2. The van der Waals surface area contributed by atoms with E-state index in [9.17, 15) is 4.79 Å². The summed E-state index contributed by atoms with van der Waals surface area (Å²) in [7, 11) is 3.78. The highest BCUT2D eigenvalue weighted by Gasteiger charge is 2.18. The third kappa shape index (κ3) is 3.85. The molecule has 144 valence electrons. The maximum Gasteiger partial charge on any atom is 0.255 e. The van der Waals surface area contributed by atoms with Gasteiger partial charge in [0, 0.05) is 34.8 Å². The summed E-state index contributed by atoms with van der Waals surface area (Å²) >= 11 is 0. The first kappa shape index (κ1) is 18.4. The molecule has 1 aliphatic heterocycles. The number of aromatic nitrogens is 1. The number of likely N-dealkylation sites (tertiary alicyclic amines) is 1. The average Bonchev–Trinajstić information content (AvgIpc) is 2.74. The molecule has 1 saturated heterocycles. The van der Waals surface area contributed by atoms with Crippen LogP contribution in [-0.2, 0) is 0 Å². The second-order valence-corrected chi connectivity index (χ2v) is 7.43. The number of carbonyl (C=O) groups excluding carboxylic acids is 1. The van der Waals surface area contributed by atoms with Gasteiger partial charge in [0.15, 0.2) is 0 Å². The van der Waals surface area contributed by atoms with Gasteiger partial charge >= 0.3 is 0 Å². The van der Waals surface area contributed by atoms with Gasteiger partial charge in [0.2, 0.25) is 0 Å². The van der Waals surface area contributed by atoms with Crippen LogP contribution in [0.4, 0.5) is 5.69 Å². The number of benzene rings is 2. The fourth-order valence-corrected chi connectivity index (χ4v) is 3.85. The van der Waals surface area contributed by atoms with Gasteiger partial charge in [-0.25, -0.2) is 0 Å². The van der Waals surface area contributed by atoms with Crippen LogP contribution in [0, 0.1) is 0 Å². The number of nitrogens with one attached hydrogen (secondary N) is 1. The van der Waals surface area contributed by atoms with Gasteiger partial charge in [0.1, 0.15) is 5.75 Å². The minimum Gasteiger partial charge on any atom is -0.497 e. The Balaban J connectivity index is 1.53. The highest BCUT2D eigenvalue weighted by Crippen LogP contribution is 2.30. The Kier molecular flexibility index (Phi) is 5.26. The van der Waals surface area contributed by atoms with Crippen LogP contribution in [0.15, 0.2) is 54.9 Å². The SMILES string of the molecule is COc1cc(NC(=O)c2ccc(C3CCN(C)CC3)cc2)c2ccncc2c1. The standard InChI is InChI=1S/C23H25N3O2/c1-26-11-8-17(9-12-26)16-3-5-18(6-4-16)23(27)25-22-14-20(28-2)13-19-15-24-10-7-21(19)22/h3-7,10,13-15,17H,8-9,11-12H2,1-2H3,(H,25,27). The molecule has 0 saturated carbocycles. The number of amides is 1. The van der Waals surface area contributed by atoms with Crippen molar-refractivity contribution in [1.82, 2.24) is 9.88 Å². The van der Waals surface area contributed by atoms with E-state index >= 15 is 0 Å². The molecule has 3 aromatic rings. The average molecular weight is 375 g/mol. The summed E-state index contributed by atoms with van der Waals surface area (Å²) in [5, 5.41) is 4.89. The van der Waals surface area contributed by atoms with Crippen molar-refractivity contribution in [3.05, 3.63) is 66.0 Å². The van der Waals surface area contributed by atoms with Crippen molar-refractivity contribution in [3.8, 4) is 5.75 Å². The molecule has 1 amide bonds. The number of methoxy groups -OCH3 is 1. The Morgan fingerprint density at radius 1 is 1.14 bits per heavy atom. The highest BCUT2D eigenvalue weighted by molar-refractivity contribution is 6.09. The molecule has 5 heteroatoms. The molecule has 0 spiro atoms. The number of nitrogens with zero attached hydrogens (tertiary/aromatic N) is 2. The number of hydrogen-bond donors (Lipinski definition) is 1. The third-order valence-electron chi connectivity index (χ3n) is 5.57. The summed E-state index contributed by atoms with van der Waals surface area (Å²) in [6.07, 6.45) is 5.84. The van der Waals surface area contributed by atoms with Crippen LogP contribution in [0.2, 0.25) is 0 Å². The van der Waals surface area contributed by atoms with E-state index in [4.69, 9.17) is 4.74 Å². The van der Waals surface area contributed by atoms with Crippen molar-refractivity contribution in [2.75, 3.05) is 32.6 Å². The lowest BCUT2D eigenvalue weighted by Gasteiger charge is -2.29. The zero-order valence-electron chi connectivity index (χ0n) is 16.3. The first-order valence-corrected chi connectivity index (χ1v) is 9.65. The second kappa shape index (κ2) is 7.98. The van der Waals surface area contributed by atoms with Crippen LogP contribution in [0.1, 0.15) is 34.7 Å². The Bertz CT molecular complexity index is 977. The third-order valence-corrected chi connectivity index (χ3v) is 5.57. The highest BCUT2D eigenvalue weighted by atomic mass is 16.5. The second-order valence-electron chi connectivity index (χ2n) is 7.43. The van der Waals surface area contributed by atoms with Crippen LogP contribution in [0.3, 0.4) is 0 Å². The normalized spacial score (nSPS) is 15.5. The maximum absolute atomic E-state index is 12.8. The molecule has 0 atom stereocenters. The van der Waals surface area contributed by atoms with E-state index in [0.717, 1.165) is 29.5 Å². The number of carbonyl (C=O) groups is 1. The largest absolute Gasteiger partial charge is 0.497 e. The van der Waals surface area contributed by atoms with E-state index in [1.807, 2.05) is 30.3 Å². The molecule has 2 heterocycles. The molecule has 1 aromatic heterocycles. The molecular weight excluding hydrogens is 350 g/mol. The monoisotopic (exact) mass is 375 g/mol. The number of hydrogen-bond acceptors (Lipinski definition) is 4. The first-order valence-electron chi connectivity index (χ1n) is 9.65. The van der Waals surface area contributed by atoms with Crippen LogP contribution in [-0.4, -0.2) is 43.0 Å². The Morgan fingerprint density at radius 3 is 2.61 bits per heavy atom. The lowest BCUT2D eigenvalue weighted by molar-refractivity contribution is 0.102. The van der Waals surface area contributed by atoms with E-state index in [1.165, 1.54) is 18.4 Å². The van der Waals surface area contributed by atoms with E-state index in [-0.39, 0.29) is 5.91 Å². The molecule has 4 rings (SSSR count). The Morgan fingerprint density at radius 2 is 1.89 bits per heavy atom. The van der Waals surface area contributed by atoms with E-state index in [0.29, 0.717) is 17.2 Å². The summed E-state index contributed by atoms with van der Waals surface area (Å²) in [6.45, 7) is 2.26. The zero-order chi connectivity index (χ0) is 19.5. The van der Waals surface area contributed by atoms with Crippen molar-refractivity contribution in [1.29, 1.82) is 0 Å². The minimum absolute atomic E-state index is 0.124. The summed E-state index contributed by atoms with van der Waals surface area (Å²) in [4.78, 5) is 19.3. The summed E-state index contributed by atoms with van der Waals surface area (Å²) < 4.78 is 5.36. The van der Waals surface area contributed by atoms with E-state index < -0.39 is 0 Å². The summed E-state index contributed by atoms with van der Waals surface area (Å²) in [5.41, 5.74) is 2.70. The molecule has 0 radical (unpaired) electrons. The number of anilines is 1. The van der Waals surface area contributed by atoms with Gasteiger partial charge in [-0.05, 0) is 68.7 Å². The molecule has 0 bridgehead atoms. The molecule has 28 heavy (non-hydrogen) atoms. The summed E-state index contributed by atoms with van der Waals surface area (Å²) in [6, 6.07) is 13.7. The zero-order valence-corrected chi connectivity index (χ0v) is 16.3. The fourth-order valence-electron chi connectivity index (χ4n) is 3.85. The summed E-state index contributed by atoms with van der Waals surface area (Å²) in [5.74, 6) is 1.15. The molecule has 1 aliphatic rings. The molecule has 1 N–H and O–H groups in total. The van der Waals surface area contributed by atoms with Gasteiger partial charge < -0.3 is 15.0 Å². The quantitative estimate of drug-likeness (QED) is 0.738.